The normalized spacial score (nSPS) is 24.1. The number of hydrogen-bond donors (Lipinski definition) is 1. The molecule has 15 heavy (non-hydrogen) atoms. The summed E-state index contributed by atoms with van der Waals surface area (Å²) >= 11 is 0. The summed E-state index contributed by atoms with van der Waals surface area (Å²) in [5, 5.41) is 9.74. The number of ketones is 1. The molecule has 1 aliphatic rings. The maximum atomic E-state index is 11.6. The molecule has 0 spiro atoms. The van der Waals surface area contributed by atoms with Crippen molar-refractivity contribution in [2.45, 2.75) is 58.7 Å². The summed E-state index contributed by atoms with van der Waals surface area (Å²) in [6.45, 7) is 6.45. The first-order valence-corrected chi connectivity index (χ1v) is 5.73. The first kappa shape index (κ1) is 12.7. The van der Waals surface area contributed by atoms with Crippen LogP contribution in [-0.4, -0.2) is 29.7 Å². The molecule has 88 valence electrons. The number of hydrogen-bond acceptors (Lipinski definition) is 3. The number of carbonyl (C=O) groups is 1. The topological polar surface area (TPSA) is 46.5 Å². The molecular weight excluding hydrogens is 192 g/mol. The average Bonchev–Trinajstić information content (AvgIpc) is 2.63. The third kappa shape index (κ3) is 3.92. The monoisotopic (exact) mass is 214 g/mol. The Labute approximate surface area is 91.8 Å². The average molecular weight is 214 g/mol. The largest absolute Gasteiger partial charge is 0.385 e. The summed E-state index contributed by atoms with van der Waals surface area (Å²) in [7, 11) is 0. The van der Waals surface area contributed by atoms with Gasteiger partial charge in [0.25, 0.3) is 0 Å². The third-order valence-corrected chi connectivity index (χ3v) is 2.86. The Kier molecular flexibility index (Phi) is 4.29. The molecule has 1 saturated heterocycles. The predicted molar refractivity (Wildman–Crippen MR) is 58.7 cm³/mol. The molecule has 3 nitrogen and oxygen atoms in total. The van der Waals surface area contributed by atoms with Crippen molar-refractivity contribution in [2.24, 2.45) is 5.41 Å². The van der Waals surface area contributed by atoms with Gasteiger partial charge in [-0.05, 0) is 24.7 Å². The number of carbonyl (C=O) groups excluding carboxylic acids is 1. The Morgan fingerprint density at radius 3 is 2.67 bits per heavy atom. The molecule has 1 aliphatic heterocycles. The molecule has 0 amide bonds. The van der Waals surface area contributed by atoms with Crippen molar-refractivity contribution in [1.82, 2.24) is 0 Å². The van der Waals surface area contributed by atoms with Gasteiger partial charge in [0.2, 0.25) is 0 Å². The van der Waals surface area contributed by atoms with E-state index in [0.717, 1.165) is 25.9 Å². The van der Waals surface area contributed by atoms with Crippen LogP contribution in [0.25, 0.3) is 0 Å². The van der Waals surface area contributed by atoms with E-state index in [9.17, 15) is 9.90 Å². The van der Waals surface area contributed by atoms with Crippen LogP contribution in [0.5, 0.6) is 0 Å². The molecule has 0 radical (unpaired) electrons. The van der Waals surface area contributed by atoms with Crippen LogP contribution in [0.1, 0.15) is 46.5 Å². The zero-order valence-corrected chi connectivity index (χ0v) is 9.95. The standard InChI is InChI=1S/C12H22O3/c1-12(2,3)11(14)10(13)7-6-9-5-4-8-15-9/h9,11,14H,4-8H2,1-3H3. The van der Waals surface area contributed by atoms with Crippen LogP contribution in [-0.2, 0) is 9.53 Å². The van der Waals surface area contributed by atoms with Crippen LogP contribution in [0.15, 0.2) is 0 Å². The van der Waals surface area contributed by atoms with E-state index in [1.54, 1.807) is 0 Å². The number of aliphatic hydroxyl groups is 1. The molecule has 0 bridgehead atoms. The highest BCUT2D eigenvalue weighted by Gasteiger charge is 2.29. The van der Waals surface area contributed by atoms with Gasteiger partial charge in [0.05, 0.1) is 6.10 Å². The van der Waals surface area contributed by atoms with Crippen LogP contribution < -0.4 is 0 Å². The second kappa shape index (κ2) is 5.08. The van der Waals surface area contributed by atoms with Crippen molar-refractivity contribution < 1.29 is 14.6 Å². The summed E-state index contributed by atoms with van der Waals surface area (Å²) in [6.07, 6.45) is 2.73. The highest BCUT2D eigenvalue weighted by atomic mass is 16.5. The van der Waals surface area contributed by atoms with E-state index < -0.39 is 6.10 Å². The lowest BCUT2D eigenvalue weighted by atomic mass is 9.85. The number of rotatable bonds is 4. The Balaban J connectivity index is 2.29. The van der Waals surface area contributed by atoms with Crippen molar-refractivity contribution in [3.05, 3.63) is 0 Å². The molecule has 0 saturated carbocycles. The number of ether oxygens (including phenoxy) is 1. The van der Waals surface area contributed by atoms with Crippen LogP contribution >= 0.6 is 0 Å². The minimum Gasteiger partial charge on any atom is -0.385 e. The van der Waals surface area contributed by atoms with Crippen LogP contribution in [0.2, 0.25) is 0 Å². The van der Waals surface area contributed by atoms with Gasteiger partial charge in [-0.15, -0.1) is 0 Å². The molecule has 1 heterocycles. The molecule has 2 unspecified atom stereocenters. The maximum absolute atomic E-state index is 11.6. The van der Waals surface area contributed by atoms with Gasteiger partial charge in [-0.2, -0.15) is 0 Å². The maximum Gasteiger partial charge on any atom is 0.161 e. The second-order valence-electron chi connectivity index (χ2n) is 5.41. The fraction of sp³-hybridized carbons (Fsp3) is 0.917. The summed E-state index contributed by atoms with van der Waals surface area (Å²) in [6, 6.07) is 0. The number of Topliss-reactive ketones (excluding diaryl/α,β-unsaturated/α-hetero) is 1. The second-order valence-corrected chi connectivity index (χ2v) is 5.41. The molecular formula is C12H22O3. The molecule has 1 rings (SSSR count). The van der Waals surface area contributed by atoms with E-state index in [1.165, 1.54) is 0 Å². The van der Waals surface area contributed by atoms with E-state index in [-0.39, 0.29) is 17.3 Å². The van der Waals surface area contributed by atoms with E-state index in [1.807, 2.05) is 20.8 Å². The van der Waals surface area contributed by atoms with Gasteiger partial charge in [0.1, 0.15) is 6.10 Å². The molecule has 1 N–H and O–H groups in total. The van der Waals surface area contributed by atoms with Crippen LogP contribution in [0.4, 0.5) is 0 Å². The number of aliphatic hydroxyl groups excluding tert-OH is 1. The van der Waals surface area contributed by atoms with Crippen LogP contribution in [0, 0.1) is 5.41 Å². The molecule has 1 fully saturated rings. The van der Waals surface area contributed by atoms with Crippen molar-refractivity contribution in [1.29, 1.82) is 0 Å². The SMILES string of the molecule is CC(C)(C)C(O)C(=O)CCC1CCCO1. The third-order valence-electron chi connectivity index (χ3n) is 2.86. The van der Waals surface area contributed by atoms with Gasteiger partial charge < -0.3 is 9.84 Å². The van der Waals surface area contributed by atoms with Crippen molar-refractivity contribution in [3.8, 4) is 0 Å². The fourth-order valence-electron chi connectivity index (χ4n) is 1.79. The highest BCUT2D eigenvalue weighted by molar-refractivity contribution is 5.83. The van der Waals surface area contributed by atoms with E-state index in [0.29, 0.717) is 6.42 Å². The molecule has 0 aromatic heterocycles. The summed E-state index contributed by atoms with van der Waals surface area (Å²) in [5.41, 5.74) is -0.354. The van der Waals surface area contributed by atoms with Crippen LogP contribution in [0.3, 0.4) is 0 Å². The van der Waals surface area contributed by atoms with Crippen molar-refractivity contribution in [2.75, 3.05) is 6.61 Å². The summed E-state index contributed by atoms with van der Waals surface area (Å²) in [4.78, 5) is 11.6. The summed E-state index contributed by atoms with van der Waals surface area (Å²) < 4.78 is 5.43. The smallest absolute Gasteiger partial charge is 0.161 e. The lowest BCUT2D eigenvalue weighted by Crippen LogP contribution is -2.34. The van der Waals surface area contributed by atoms with Gasteiger partial charge >= 0.3 is 0 Å². The van der Waals surface area contributed by atoms with Gasteiger partial charge in [-0.1, -0.05) is 20.8 Å². The van der Waals surface area contributed by atoms with E-state index in [4.69, 9.17) is 4.74 Å². The molecule has 3 heteroatoms. The zero-order valence-electron chi connectivity index (χ0n) is 9.95. The zero-order chi connectivity index (χ0) is 11.5. The van der Waals surface area contributed by atoms with Crippen molar-refractivity contribution in [3.63, 3.8) is 0 Å². The Morgan fingerprint density at radius 2 is 2.20 bits per heavy atom. The summed E-state index contributed by atoms with van der Waals surface area (Å²) in [5.74, 6) is -0.0574. The lowest BCUT2D eigenvalue weighted by Gasteiger charge is -2.24. The Hall–Kier alpha value is -0.410. The van der Waals surface area contributed by atoms with Crippen molar-refractivity contribution >= 4 is 5.78 Å². The quantitative estimate of drug-likeness (QED) is 0.777. The molecule has 0 aromatic rings. The van der Waals surface area contributed by atoms with E-state index >= 15 is 0 Å². The molecule has 2 atom stereocenters. The predicted octanol–water partition coefficient (Wildman–Crippen LogP) is 1.92. The Bertz CT molecular complexity index is 211. The highest BCUT2D eigenvalue weighted by Crippen LogP contribution is 2.23. The molecule has 0 aliphatic carbocycles. The van der Waals surface area contributed by atoms with Gasteiger partial charge in [-0.3, -0.25) is 4.79 Å². The lowest BCUT2D eigenvalue weighted by molar-refractivity contribution is -0.132. The Morgan fingerprint density at radius 1 is 1.53 bits per heavy atom. The first-order valence-electron chi connectivity index (χ1n) is 5.73. The van der Waals surface area contributed by atoms with Gasteiger partial charge in [0.15, 0.2) is 5.78 Å². The molecule has 0 aromatic carbocycles. The van der Waals surface area contributed by atoms with Gasteiger partial charge in [-0.25, -0.2) is 0 Å². The van der Waals surface area contributed by atoms with Gasteiger partial charge in [0, 0.05) is 13.0 Å². The minimum absolute atomic E-state index is 0.0574. The van der Waals surface area contributed by atoms with E-state index in [2.05, 4.69) is 0 Å². The fourth-order valence-corrected chi connectivity index (χ4v) is 1.79. The minimum atomic E-state index is -0.848. The first-order chi connectivity index (χ1) is 6.91.